The minimum atomic E-state index is -0.293. The van der Waals surface area contributed by atoms with Gasteiger partial charge < -0.3 is 0 Å². The predicted molar refractivity (Wildman–Crippen MR) is 106 cm³/mol. The summed E-state index contributed by atoms with van der Waals surface area (Å²) in [4.78, 5) is 18.3. The summed E-state index contributed by atoms with van der Waals surface area (Å²) in [6, 6.07) is 14.8. The first-order valence-electron chi connectivity index (χ1n) is 7.90. The van der Waals surface area contributed by atoms with E-state index in [0.29, 0.717) is 20.7 Å². The van der Waals surface area contributed by atoms with Gasteiger partial charge in [0, 0.05) is 15.5 Å². The zero-order chi connectivity index (χ0) is 17.8. The first kappa shape index (κ1) is 17.9. The molecular formula is C19H16Cl2N2OS. The molecule has 0 aliphatic rings. The fraction of sp³-hybridized carbons (Fsp3) is 0.158. The first-order chi connectivity index (χ1) is 12.1. The number of hydrogen-bond acceptors (Lipinski definition) is 3. The fourth-order valence-electron chi connectivity index (χ4n) is 2.46. The third-order valence-corrected chi connectivity index (χ3v) is 5.20. The van der Waals surface area contributed by atoms with Gasteiger partial charge >= 0.3 is 0 Å². The van der Waals surface area contributed by atoms with Crippen LogP contribution in [0.3, 0.4) is 0 Å². The Bertz CT molecular complexity index is 894. The van der Waals surface area contributed by atoms with E-state index in [1.165, 1.54) is 11.3 Å². The van der Waals surface area contributed by atoms with Gasteiger partial charge in [0.1, 0.15) is 0 Å². The van der Waals surface area contributed by atoms with Crippen LogP contribution in [0.15, 0.2) is 48.5 Å². The number of rotatable bonds is 5. The Morgan fingerprint density at radius 3 is 2.60 bits per heavy atom. The molecular weight excluding hydrogens is 375 g/mol. The molecule has 0 saturated heterocycles. The highest BCUT2D eigenvalue weighted by atomic mass is 35.5. The number of nitrogens with zero attached hydrogens (tertiary/aromatic N) is 1. The second-order valence-corrected chi connectivity index (χ2v) is 7.41. The van der Waals surface area contributed by atoms with Gasteiger partial charge in [0.15, 0.2) is 5.13 Å². The molecule has 2 aromatic carbocycles. The SMILES string of the molecule is CCCc1sc(NC(=O)c2ccc(Cl)cc2Cl)nc1-c1ccccc1. The molecule has 0 unspecified atom stereocenters. The number of amides is 1. The maximum absolute atomic E-state index is 12.5. The molecule has 3 aromatic rings. The quantitative estimate of drug-likeness (QED) is 0.553. The van der Waals surface area contributed by atoms with Crippen LogP contribution in [0, 0.1) is 0 Å². The summed E-state index contributed by atoms with van der Waals surface area (Å²) in [5.74, 6) is -0.293. The number of anilines is 1. The lowest BCUT2D eigenvalue weighted by atomic mass is 10.1. The van der Waals surface area contributed by atoms with Crippen molar-refractivity contribution >= 4 is 45.6 Å². The van der Waals surface area contributed by atoms with Gasteiger partial charge in [-0.1, -0.05) is 66.9 Å². The molecule has 25 heavy (non-hydrogen) atoms. The molecule has 0 atom stereocenters. The summed E-state index contributed by atoms with van der Waals surface area (Å²) in [5.41, 5.74) is 2.34. The number of halogens is 2. The van der Waals surface area contributed by atoms with Crippen molar-refractivity contribution in [3.05, 3.63) is 69.0 Å². The number of hydrogen-bond donors (Lipinski definition) is 1. The maximum Gasteiger partial charge on any atom is 0.258 e. The summed E-state index contributed by atoms with van der Waals surface area (Å²) >= 11 is 13.5. The van der Waals surface area contributed by atoms with Gasteiger partial charge in [-0.15, -0.1) is 11.3 Å². The Balaban J connectivity index is 1.89. The van der Waals surface area contributed by atoms with E-state index in [9.17, 15) is 4.79 Å². The van der Waals surface area contributed by atoms with Crippen molar-refractivity contribution in [2.45, 2.75) is 19.8 Å². The topological polar surface area (TPSA) is 42.0 Å². The molecule has 1 aromatic heterocycles. The number of nitrogens with one attached hydrogen (secondary N) is 1. The number of carbonyl (C=O) groups excluding carboxylic acids is 1. The van der Waals surface area contributed by atoms with Gasteiger partial charge in [0.25, 0.3) is 5.91 Å². The largest absolute Gasteiger partial charge is 0.298 e. The van der Waals surface area contributed by atoms with Crippen molar-refractivity contribution in [1.82, 2.24) is 4.98 Å². The molecule has 0 spiro atoms. The van der Waals surface area contributed by atoms with Gasteiger partial charge in [0.2, 0.25) is 0 Å². The minimum Gasteiger partial charge on any atom is -0.298 e. The first-order valence-corrected chi connectivity index (χ1v) is 9.47. The Morgan fingerprint density at radius 2 is 1.92 bits per heavy atom. The molecule has 1 heterocycles. The Morgan fingerprint density at radius 1 is 1.16 bits per heavy atom. The van der Waals surface area contributed by atoms with Gasteiger partial charge in [-0.25, -0.2) is 4.98 Å². The summed E-state index contributed by atoms with van der Waals surface area (Å²) in [7, 11) is 0. The van der Waals surface area contributed by atoms with Crippen LogP contribution in [0.1, 0.15) is 28.6 Å². The Labute approximate surface area is 160 Å². The highest BCUT2D eigenvalue weighted by Crippen LogP contribution is 2.32. The van der Waals surface area contributed by atoms with Gasteiger partial charge in [-0.05, 0) is 24.6 Å². The average Bonchev–Trinajstić information content (AvgIpc) is 2.98. The third kappa shape index (κ3) is 4.21. The van der Waals surface area contributed by atoms with E-state index in [1.54, 1.807) is 18.2 Å². The van der Waals surface area contributed by atoms with E-state index < -0.39 is 0 Å². The lowest BCUT2D eigenvalue weighted by molar-refractivity contribution is 0.102. The van der Waals surface area contributed by atoms with Crippen molar-refractivity contribution in [2.75, 3.05) is 5.32 Å². The monoisotopic (exact) mass is 390 g/mol. The minimum absolute atomic E-state index is 0.293. The predicted octanol–water partition coefficient (Wildman–Crippen LogP) is 6.32. The molecule has 0 bridgehead atoms. The average molecular weight is 391 g/mol. The second kappa shape index (κ2) is 8.00. The lowest BCUT2D eigenvalue weighted by Gasteiger charge is -2.04. The second-order valence-electron chi connectivity index (χ2n) is 5.49. The molecule has 128 valence electrons. The number of carbonyl (C=O) groups is 1. The lowest BCUT2D eigenvalue weighted by Crippen LogP contribution is -2.12. The molecule has 1 amide bonds. The Kier molecular flexibility index (Phi) is 5.74. The van der Waals surface area contributed by atoms with Crippen molar-refractivity contribution in [1.29, 1.82) is 0 Å². The number of aryl methyl sites for hydroxylation is 1. The molecule has 0 saturated carbocycles. The van der Waals surface area contributed by atoms with Crippen LogP contribution in [0.2, 0.25) is 10.0 Å². The molecule has 0 aliphatic heterocycles. The van der Waals surface area contributed by atoms with E-state index in [4.69, 9.17) is 23.2 Å². The molecule has 1 N–H and O–H groups in total. The van der Waals surface area contributed by atoms with Crippen LogP contribution in [0.5, 0.6) is 0 Å². The molecule has 0 aliphatic carbocycles. The Hall–Kier alpha value is -1.88. The van der Waals surface area contributed by atoms with Gasteiger partial charge in [-0.2, -0.15) is 0 Å². The normalized spacial score (nSPS) is 10.7. The maximum atomic E-state index is 12.5. The molecule has 3 nitrogen and oxygen atoms in total. The summed E-state index contributed by atoms with van der Waals surface area (Å²) in [6.07, 6.45) is 1.93. The van der Waals surface area contributed by atoms with Crippen LogP contribution >= 0.6 is 34.5 Å². The van der Waals surface area contributed by atoms with Crippen LogP contribution in [0.25, 0.3) is 11.3 Å². The van der Waals surface area contributed by atoms with Crippen molar-refractivity contribution in [3.63, 3.8) is 0 Å². The number of aromatic nitrogens is 1. The van der Waals surface area contributed by atoms with E-state index in [0.717, 1.165) is 29.0 Å². The van der Waals surface area contributed by atoms with E-state index in [1.807, 2.05) is 30.3 Å². The zero-order valence-corrected chi connectivity index (χ0v) is 15.9. The van der Waals surface area contributed by atoms with Crippen LogP contribution < -0.4 is 5.32 Å². The van der Waals surface area contributed by atoms with E-state index in [-0.39, 0.29) is 5.91 Å². The highest BCUT2D eigenvalue weighted by Gasteiger charge is 2.16. The van der Waals surface area contributed by atoms with Crippen molar-refractivity contribution in [2.24, 2.45) is 0 Å². The number of thiazole rings is 1. The van der Waals surface area contributed by atoms with Gasteiger partial charge in [-0.3, -0.25) is 10.1 Å². The fourth-order valence-corrected chi connectivity index (χ4v) is 4.04. The van der Waals surface area contributed by atoms with Gasteiger partial charge in [0.05, 0.1) is 16.3 Å². The smallest absolute Gasteiger partial charge is 0.258 e. The highest BCUT2D eigenvalue weighted by molar-refractivity contribution is 7.16. The van der Waals surface area contributed by atoms with Crippen molar-refractivity contribution in [3.8, 4) is 11.3 Å². The number of benzene rings is 2. The zero-order valence-electron chi connectivity index (χ0n) is 13.6. The van der Waals surface area contributed by atoms with Crippen molar-refractivity contribution < 1.29 is 4.79 Å². The van der Waals surface area contributed by atoms with Crippen LogP contribution in [0.4, 0.5) is 5.13 Å². The third-order valence-electron chi connectivity index (χ3n) is 3.62. The summed E-state index contributed by atoms with van der Waals surface area (Å²) < 4.78 is 0. The summed E-state index contributed by atoms with van der Waals surface area (Å²) in [5, 5.41) is 4.23. The molecule has 3 rings (SSSR count). The molecule has 0 fully saturated rings. The van der Waals surface area contributed by atoms with E-state index in [2.05, 4.69) is 17.2 Å². The van der Waals surface area contributed by atoms with Crippen LogP contribution in [-0.4, -0.2) is 10.9 Å². The molecule has 6 heteroatoms. The van der Waals surface area contributed by atoms with Crippen LogP contribution in [-0.2, 0) is 6.42 Å². The van der Waals surface area contributed by atoms with E-state index >= 15 is 0 Å². The molecule has 0 radical (unpaired) electrons. The summed E-state index contributed by atoms with van der Waals surface area (Å²) in [6.45, 7) is 2.13. The standard InChI is InChI=1S/C19H16Cl2N2OS/c1-2-6-16-17(12-7-4-3-5-8-12)22-19(25-16)23-18(24)14-10-9-13(20)11-15(14)21/h3-5,7-11H,2,6H2,1H3,(H,22,23,24).